The Morgan fingerprint density at radius 2 is 1.35 bits per heavy atom. The van der Waals surface area contributed by atoms with Crippen LogP contribution in [0.3, 0.4) is 0 Å². The molecule has 0 unspecified atom stereocenters. The number of likely N-dealkylation sites (N-methyl/N-ethyl adjacent to an activating group) is 1. The Labute approximate surface area is 246 Å². The molecular formula is C31H33NO11. The lowest BCUT2D eigenvalue weighted by molar-refractivity contribution is -0.162. The monoisotopic (exact) mass is 595 g/mol. The molecule has 3 aromatic carbocycles. The van der Waals surface area contributed by atoms with Gasteiger partial charge in [0.2, 0.25) is 6.10 Å². The summed E-state index contributed by atoms with van der Waals surface area (Å²) in [6, 6.07) is 8.77. The van der Waals surface area contributed by atoms with Crippen LogP contribution in [0.1, 0.15) is 40.7 Å². The Hall–Kier alpha value is -5.20. The molecule has 3 rings (SSSR count). The third-order valence-electron chi connectivity index (χ3n) is 6.53. The van der Waals surface area contributed by atoms with E-state index in [1.807, 2.05) is 0 Å². The number of carboxylic acid groups (broad SMARTS) is 1. The molecule has 2 atom stereocenters. The van der Waals surface area contributed by atoms with Crippen molar-refractivity contribution in [3.63, 3.8) is 0 Å². The number of phenolic OH excluding ortho intramolecular Hbond substituents is 6. The van der Waals surface area contributed by atoms with Crippen molar-refractivity contribution in [1.29, 1.82) is 0 Å². The Kier molecular flexibility index (Phi) is 11.0. The number of carboxylic acids is 1. The second-order valence-electron chi connectivity index (χ2n) is 9.51. The second-order valence-corrected chi connectivity index (χ2v) is 9.51. The van der Waals surface area contributed by atoms with E-state index in [1.165, 1.54) is 60.7 Å². The summed E-state index contributed by atoms with van der Waals surface area (Å²) < 4.78 is 5.29. The lowest BCUT2D eigenvalue weighted by atomic mass is 9.92. The Morgan fingerprint density at radius 1 is 0.791 bits per heavy atom. The molecule has 0 heterocycles. The smallest absolute Gasteiger partial charge is 0.345 e. The van der Waals surface area contributed by atoms with Gasteiger partial charge in [0.25, 0.3) is 0 Å². The van der Waals surface area contributed by atoms with Crippen molar-refractivity contribution in [2.24, 2.45) is 0 Å². The molecule has 9 N–H and O–H groups in total. The number of nitrogens with one attached hydrogen (secondary N) is 1. The third kappa shape index (κ3) is 8.41. The number of hydrogen-bond donors (Lipinski definition) is 9. The summed E-state index contributed by atoms with van der Waals surface area (Å²) in [6.07, 6.45) is 3.72. The Morgan fingerprint density at radius 3 is 1.93 bits per heavy atom. The standard InChI is InChI=1S/C31H33NO11/c1-2-32-16-22(21-5-7-23(34)24(35)15-21)30(31(41)42)43-29(40)8-6-19-13-27(38)25(36)11-17(19)3-4-18-12-26(37)28(39)14-20(18)9-10-33/h3-8,11-15,22,30,32-39H,2,9-10,16H2,1H3,(H,41,42)/b4-3+,8-6+/t22-,30+/m0/s1. The van der Waals surface area contributed by atoms with E-state index >= 15 is 0 Å². The summed E-state index contributed by atoms with van der Waals surface area (Å²) in [6.45, 7) is 2.13. The number of aliphatic carboxylic acids is 1. The van der Waals surface area contributed by atoms with Gasteiger partial charge in [-0.3, -0.25) is 0 Å². The predicted molar refractivity (Wildman–Crippen MR) is 157 cm³/mol. The van der Waals surface area contributed by atoms with Gasteiger partial charge in [-0.15, -0.1) is 0 Å². The van der Waals surface area contributed by atoms with E-state index in [0.717, 1.165) is 6.08 Å². The SMILES string of the molecule is CCNC[C@@H](c1ccc(O)c(O)c1)[C@@H](OC(=O)/C=C/c1cc(O)c(O)cc1/C=C/c1cc(O)c(O)cc1CCO)C(=O)O. The van der Waals surface area contributed by atoms with Crippen molar-refractivity contribution in [3.8, 4) is 34.5 Å². The van der Waals surface area contributed by atoms with Gasteiger partial charge in [0.15, 0.2) is 34.5 Å². The van der Waals surface area contributed by atoms with Gasteiger partial charge in [-0.2, -0.15) is 0 Å². The molecule has 0 saturated heterocycles. The number of benzene rings is 3. The average molecular weight is 596 g/mol. The van der Waals surface area contributed by atoms with E-state index in [1.54, 1.807) is 6.92 Å². The van der Waals surface area contributed by atoms with Gasteiger partial charge in [-0.1, -0.05) is 25.1 Å². The number of aliphatic hydroxyl groups is 1. The normalized spacial score (nSPS) is 12.9. The summed E-state index contributed by atoms with van der Waals surface area (Å²) in [5, 5.41) is 81.6. The zero-order chi connectivity index (χ0) is 31.7. The van der Waals surface area contributed by atoms with E-state index in [2.05, 4.69) is 5.32 Å². The summed E-state index contributed by atoms with van der Waals surface area (Å²) in [5.74, 6) is -5.98. The van der Waals surface area contributed by atoms with Gasteiger partial charge in [0.1, 0.15) is 0 Å². The fraction of sp³-hybridized carbons (Fsp3) is 0.226. The van der Waals surface area contributed by atoms with Crippen LogP contribution in [-0.2, 0) is 20.7 Å². The predicted octanol–water partition coefficient (Wildman–Crippen LogP) is 3.03. The molecule has 0 amide bonds. The first-order valence-electron chi connectivity index (χ1n) is 13.2. The van der Waals surface area contributed by atoms with Gasteiger partial charge in [0, 0.05) is 25.1 Å². The van der Waals surface area contributed by atoms with E-state index in [-0.39, 0.29) is 36.6 Å². The molecule has 0 aromatic heterocycles. The average Bonchev–Trinajstić information content (AvgIpc) is 2.96. The van der Waals surface area contributed by atoms with Crippen LogP contribution in [-0.4, -0.2) is 78.6 Å². The van der Waals surface area contributed by atoms with Crippen molar-refractivity contribution in [3.05, 3.63) is 76.4 Å². The maximum atomic E-state index is 12.8. The van der Waals surface area contributed by atoms with Crippen molar-refractivity contribution in [1.82, 2.24) is 5.32 Å². The molecule has 12 nitrogen and oxygen atoms in total. The molecule has 0 spiro atoms. The topological polar surface area (TPSA) is 217 Å². The number of phenols is 6. The van der Waals surface area contributed by atoms with Crippen molar-refractivity contribution < 1.29 is 55.2 Å². The van der Waals surface area contributed by atoms with Crippen LogP contribution in [0.15, 0.2) is 48.5 Å². The summed E-state index contributed by atoms with van der Waals surface area (Å²) in [7, 11) is 0. The van der Waals surface area contributed by atoms with E-state index in [4.69, 9.17) is 4.74 Å². The number of aliphatic hydroxyl groups excluding tert-OH is 1. The zero-order valence-corrected chi connectivity index (χ0v) is 23.1. The lowest BCUT2D eigenvalue weighted by Gasteiger charge is -2.24. The molecule has 228 valence electrons. The van der Waals surface area contributed by atoms with Crippen LogP contribution in [0.4, 0.5) is 0 Å². The molecule has 0 aliphatic rings. The molecule has 0 bridgehead atoms. The number of carbonyl (C=O) groups is 2. The van der Waals surface area contributed by atoms with Crippen LogP contribution in [0.25, 0.3) is 18.2 Å². The highest BCUT2D eigenvalue weighted by atomic mass is 16.6. The fourth-order valence-electron chi connectivity index (χ4n) is 4.30. The number of carbonyl (C=O) groups excluding carboxylic acids is 1. The third-order valence-corrected chi connectivity index (χ3v) is 6.53. The minimum atomic E-state index is -1.68. The van der Waals surface area contributed by atoms with Gasteiger partial charge < -0.3 is 50.9 Å². The molecule has 0 fully saturated rings. The first-order valence-corrected chi connectivity index (χ1v) is 13.2. The molecule has 43 heavy (non-hydrogen) atoms. The fourth-order valence-corrected chi connectivity index (χ4v) is 4.30. The quantitative estimate of drug-likeness (QED) is 0.0603. The maximum Gasteiger partial charge on any atom is 0.345 e. The minimum absolute atomic E-state index is 0.0700. The van der Waals surface area contributed by atoms with Crippen LogP contribution in [0.5, 0.6) is 34.5 Å². The summed E-state index contributed by atoms with van der Waals surface area (Å²) in [4.78, 5) is 25.0. The van der Waals surface area contributed by atoms with Gasteiger partial charge in [0.05, 0.1) is 0 Å². The first-order chi connectivity index (χ1) is 20.4. The van der Waals surface area contributed by atoms with E-state index in [9.17, 15) is 50.4 Å². The van der Waals surface area contributed by atoms with Gasteiger partial charge in [-0.05, 0) is 83.3 Å². The summed E-state index contributed by atoms with van der Waals surface area (Å²) in [5.41, 5.74) is 1.81. The number of rotatable bonds is 13. The van der Waals surface area contributed by atoms with Crippen molar-refractivity contribution in [2.45, 2.75) is 25.4 Å². The van der Waals surface area contributed by atoms with Crippen LogP contribution >= 0.6 is 0 Å². The van der Waals surface area contributed by atoms with Crippen molar-refractivity contribution >= 4 is 30.2 Å². The molecule has 12 heteroatoms. The lowest BCUT2D eigenvalue weighted by Crippen LogP contribution is -2.38. The molecular weight excluding hydrogens is 562 g/mol. The second kappa shape index (κ2) is 14.6. The number of ether oxygens (including phenoxy) is 1. The highest BCUT2D eigenvalue weighted by molar-refractivity contribution is 5.91. The molecule has 0 radical (unpaired) electrons. The van der Waals surface area contributed by atoms with Crippen LogP contribution in [0.2, 0.25) is 0 Å². The highest BCUT2D eigenvalue weighted by Gasteiger charge is 2.33. The summed E-state index contributed by atoms with van der Waals surface area (Å²) >= 11 is 0. The number of hydrogen-bond acceptors (Lipinski definition) is 11. The molecule has 0 aliphatic heterocycles. The highest BCUT2D eigenvalue weighted by Crippen LogP contribution is 2.34. The van der Waals surface area contributed by atoms with Crippen molar-refractivity contribution in [2.75, 3.05) is 19.7 Å². The maximum absolute atomic E-state index is 12.8. The van der Waals surface area contributed by atoms with Crippen LogP contribution in [0, 0.1) is 0 Å². The number of aromatic hydroxyl groups is 6. The zero-order valence-electron chi connectivity index (χ0n) is 23.1. The Balaban J connectivity index is 1.91. The Bertz CT molecular complexity index is 1530. The largest absolute Gasteiger partial charge is 0.504 e. The minimum Gasteiger partial charge on any atom is -0.504 e. The van der Waals surface area contributed by atoms with E-state index < -0.39 is 47.0 Å². The first kappa shape index (κ1) is 32.3. The van der Waals surface area contributed by atoms with Gasteiger partial charge >= 0.3 is 11.9 Å². The molecule has 0 saturated carbocycles. The molecule has 0 aliphatic carbocycles. The van der Waals surface area contributed by atoms with E-state index in [0.29, 0.717) is 28.8 Å². The van der Waals surface area contributed by atoms with Gasteiger partial charge in [-0.25, -0.2) is 9.59 Å². The number of esters is 1. The molecule has 3 aromatic rings. The van der Waals surface area contributed by atoms with Crippen LogP contribution < -0.4 is 5.32 Å².